The maximum Gasteiger partial charge on any atom is 0.277 e. The van der Waals surface area contributed by atoms with Gasteiger partial charge in [-0.2, -0.15) is 0 Å². The minimum atomic E-state index is -0.582. The normalized spacial score (nSPS) is 10.5. The minimum absolute atomic E-state index is 0.209. The Labute approximate surface area is 77.0 Å². The van der Waals surface area contributed by atoms with Crippen LogP contribution in [0.5, 0.6) is 0 Å². The second-order valence-electron chi connectivity index (χ2n) is 2.50. The van der Waals surface area contributed by atoms with E-state index < -0.39 is 5.91 Å². The van der Waals surface area contributed by atoms with Crippen molar-refractivity contribution in [3.63, 3.8) is 0 Å². The highest BCUT2D eigenvalue weighted by Crippen LogP contribution is 2.22. The van der Waals surface area contributed by atoms with Crippen LogP contribution in [0.4, 0.5) is 4.39 Å². The van der Waals surface area contributed by atoms with E-state index in [0.717, 1.165) is 11.3 Å². The molecule has 0 aliphatic carbocycles. The predicted molar refractivity (Wildman–Crippen MR) is 48.1 cm³/mol. The van der Waals surface area contributed by atoms with E-state index in [-0.39, 0.29) is 10.8 Å². The largest absolute Gasteiger partial charge is 0.364 e. The zero-order chi connectivity index (χ0) is 9.42. The summed E-state index contributed by atoms with van der Waals surface area (Å²) < 4.78 is 13.3. The smallest absolute Gasteiger partial charge is 0.277 e. The Balaban J connectivity index is 2.68. The van der Waals surface area contributed by atoms with E-state index in [1.165, 1.54) is 18.2 Å². The molecule has 1 aromatic carbocycles. The van der Waals surface area contributed by atoms with Gasteiger partial charge < -0.3 is 5.73 Å². The van der Waals surface area contributed by atoms with Gasteiger partial charge in [0.05, 0.1) is 10.2 Å². The molecule has 0 fully saturated rings. The number of nitrogens with two attached hydrogens (primary N) is 1. The number of hydrogen-bond acceptors (Lipinski definition) is 3. The van der Waals surface area contributed by atoms with Gasteiger partial charge in [-0.15, -0.1) is 11.3 Å². The summed E-state index contributed by atoms with van der Waals surface area (Å²) in [5.74, 6) is -0.922. The average molecular weight is 196 g/mol. The van der Waals surface area contributed by atoms with Gasteiger partial charge in [-0.1, -0.05) is 0 Å². The topological polar surface area (TPSA) is 56.0 Å². The number of amides is 1. The van der Waals surface area contributed by atoms with E-state index in [2.05, 4.69) is 4.98 Å². The Morgan fingerprint density at radius 1 is 1.54 bits per heavy atom. The number of carbonyl (C=O) groups excluding carboxylic acids is 1. The lowest BCUT2D eigenvalue weighted by Gasteiger charge is -1.85. The number of rotatable bonds is 1. The molecule has 0 radical (unpaired) electrons. The van der Waals surface area contributed by atoms with Gasteiger partial charge in [0.15, 0.2) is 5.01 Å². The number of aromatic nitrogens is 1. The summed E-state index contributed by atoms with van der Waals surface area (Å²) in [4.78, 5) is 14.7. The van der Waals surface area contributed by atoms with Gasteiger partial charge in [-0.3, -0.25) is 4.79 Å². The number of carbonyl (C=O) groups is 1. The molecule has 3 nitrogen and oxygen atoms in total. The molecule has 2 aromatic rings. The van der Waals surface area contributed by atoms with Crippen LogP contribution in [0, 0.1) is 5.82 Å². The molecule has 2 rings (SSSR count). The first-order valence-corrected chi connectivity index (χ1v) is 4.34. The summed E-state index contributed by atoms with van der Waals surface area (Å²) in [6.45, 7) is 0. The summed E-state index contributed by atoms with van der Waals surface area (Å²) in [7, 11) is 0. The third-order valence-corrected chi connectivity index (χ3v) is 2.59. The first-order valence-electron chi connectivity index (χ1n) is 3.53. The average Bonchev–Trinajstić information content (AvgIpc) is 2.46. The number of fused-ring (bicyclic) bond motifs is 1. The van der Waals surface area contributed by atoms with Gasteiger partial charge in [-0.05, 0) is 18.2 Å². The first kappa shape index (κ1) is 8.12. The monoisotopic (exact) mass is 196 g/mol. The Kier molecular flexibility index (Phi) is 1.73. The van der Waals surface area contributed by atoms with Crippen LogP contribution in [0.15, 0.2) is 18.2 Å². The quantitative estimate of drug-likeness (QED) is 0.752. The number of nitrogens with zero attached hydrogens (tertiary/aromatic N) is 1. The molecule has 2 N–H and O–H groups in total. The van der Waals surface area contributed by atoms with Crippen LogP contribution < -0.4 is 5.73 Å². The van der Waals surface area contributed by atoms with E-state index in [1.807, 2.05) is 0 Å². The van der Waals surface area contributed by atoms with Crippen LogP contribution in [0.3, 0.4) is 0 Å². The maximum atomic E-state index is 12.7. The number of hydrogen-bond donors (Lipinski definition) is 1. The number of thiazole rings is 1. The molecule has 5 heteroatoms. The SMILES string of the molecule is NC(=O)c1nc2ccc(F)cc2s1. The fraction of sp³-hybridized carbons (Fsp3) is 0. The van der Waals surface area contributed by atoms with Gasteiger partial charge in [-0.25, -0.2) is 9.37 Å². The van der Waals surface area contributed by atoms with Crippen molar-refractivity contribution >= 4 is 27.5 Å². The number of primary amides is 1. The fourth-order valence-electron chi connectivity index (χ4n) is 1.00. The highest BCUT2D eigenvalue weighted by Gasteiger charge is 2.08. The van der Waals surface area contributed by atoms with Crippen molar-refractivity contribution in [2.45, 2.75) is 0 Å². The second-order valence-corrected chi connectivity index (χ2v) is 3.53. The highest BCUT2D eigenvalue weighted by molar-refractivity contribution is 7.20. The summed E-state index contributed by atoms with van der Waals surface area (Å²) >= 11 is 1.09. The fourth-order valence-corrected chi connectivity index (χ4v) is 1.85. The van der Waals surface area contributed by atoms with Crippen molar-refractivity contribution in [1.29, 1.82) is 0 Å². The molecule has 1 amide bonds. The van der Waals surface area contributed by atoms with E-state index >= 15 is 0 Å². The predicted octanol–water partition coefficient (Wildman–Crippen LogP) is 1.53. The molecule has 13 heavy (non-hydrogen) atoms. The summed E-state index contributed by atoms with van der Waals surface area (Å²) in [6.07, 6.45) is 0. The van der Waals surface area contributed by atoms with E-state index in [9.17, 15) is 9.18 Å². The molecular weight excluding hydrogens is 191 g/mol. The first-order chi connectivity index (χ1) is 6.16. The van der Waals surface area contributed by atoms with E-state index in [0.29, 0.717) is 10.2 Å². The van der Waals surface area contributed by atoms with Crippen molar-refractivity contribution in [2.75, 3.05) is 0 Å². The second kappa shape index (κ2) is 2.77. The zero-order valence-electron chi connectivity index (χ0n) is 6.45. The van der Waals surface area contributed by atoms with E-state index in [4.69, 9.17) is 5.73 Å². The molecule has 0 spiro atoms. The van der Waals surface area contributed by atoms with Crippen molar-refractivity contribution in [3.05, 3.63) is 29.0 Å². The molecule has 0 aliphatic heterocycles. The summed E-state index contributed by atoms with van der Waals surface area (Å²) in [5, 5.41) is 0.209. The molecule has 0 bridgehead atoms. The zero-order valence-corrected chi connectivity index (χ0v) is 7.27. The van der Waals surface area contributed by atoms with E-state index in [1.54, 1.807) is 0 Å². The third kappa shape index (κ3) is 1.38. The van der Waals surface area contributed by atoms with Crippen LogP contribution >= 0.6 is 11.3 Å². The summed E-state index contributed by atoms with van der Waals surface area (Å²) in [6, 6.07) is 4.15. The number of halogens is 1. The lowest BCUT2D eigenvalue weighted by Crippen LogP contribution is -2.09. The molecule has 66 valence electrons. The van der Waals surface area contributed by atoms with Gasteiger partial charge in [0.1, 0.15) is 5.82 Å². The van der Waals surface area contributed by atoms with Crippen molar-refractivity contribution in [3.8, 4) is 0 Å². The lowest BCUT2D eigenvalue weighted by atomic mass is 10.3. The van der Waals surface area contributed by atoms with Crippen molar-refractivity contribution in [2.24, 2.45) is 5.73 Å². The molecule has 1 heterocycles. The Morgan fingerprint density at radius 3 is 3.00 bits per heavy atom. The molecule has 0 atom stereocenters. The van der Waals surface area contributed by atoms with Crippen molar-refractivity contribution in [1.82, 2.24) is 4.98 Å². The van der Waals surface area contributed by atoms with Crippen LogP contribution in [-0.2, 0) is 0 Å². The molecule has 0 unspecified atom stereocenters. The molecule has 0 saturated carbocycles. The maximum absolute atomic E-state index is 12.7. The lowest BCUT2D eigenvalue weighted by molar-refractivity contribution is 0.1000. The Morgan fingerprint density at radius 2 is 2.31 bits per heavy atom. The molecule has 0 saturated heterocycles. The molecular formula is C8H5FN2OS. The third-order valence-electron chi connectivity index (χ3n) is 1.56. The minimum Gasteiger partial charge on any atom is -0.364 e. The highest BCUT2D eigenvalue weighted by atomic mass is 32.1. The van der Waals surface area contributed by atoms with Crippen LogP contribution in [0.2, 0.25) is 0 Å². The Hall–Kier alpha value is -1.49. The molecule has 0 aliphatic rings. The van der Waals surface area contributed by atoms with Gasteiger partial charge in [0.2, 0.25) is 0 Å². The van der Waals surface area contributed by atoms with Gasteiger partial charge >= 0.3 is 0 Å². The standard InChI is InChI=1S/C8H5FN2OS/c9-4-1-2-5-6(3-4)13-8(11-5)7(10)12/h1-3H,(H2,10,12). The van der Waals surface area contributed by atoms with Gasteiger partial charge in [0.25, 0.3) is 5.91 Å². The van der Waals surface area contributed by atoms with Crippen LogP contribution in [0.25, 0.3) is 10.2 Å². The molecule has 1 aromatic heterocycles. The van der Waals surface area contributed by atoms with Crippen LogP contribution in [-0.4, -0.2) is 10.9 Å². The van der Waals surface area contributed by atoms with Crippen LogP contribution in [0.1, 0.15) is 9.80 Å². The Bertz CT molecular complexity index is 480. The summed E-state index contributed by atoms with van der Waals surface area (Å²) in [5.41, 5.74) is 5.63. The van der Waals surface area contributed by atoms with Crippen molar-refractivity contribution < 1.29 is 9.18 Å². The van der Waals surface area contributed by atoms with Gasteiger partial charge in [0, 0.05) is 0 Å². The number of benzene rings is 1.